The topological polar surface area (TPSA) is 86.5 Å². The number of nitrogens with one attached hydrogen (secondary N) is 1. The van der Waals surface area contributed by atoms with Gasteiger partial charge in [-0.1, -0.05) is 0 Å². The Kier molecular flexibility index (Phi) is 4.64. The lowest BCUT2D eigenvalue weighted by Crippen LogP contribution is -2.37. The van der Waals surface area contributed by atoms with E-state index >= 15 is 0 Å². The number of hydrogen-bond acceptors (Lipinski definition) is 6. The Morgan fingerprint density at radius 1 is 1.68 bits per heavy atom. The van der Waals surface area contributed by atoms with E-state index in [1.807, 2.05) is 0 Å². The van der Waals surface area contributed by atoms with Crippen molar-refractivity contribution in [1.82, 2.24) is 4.98 Å². The first-order valence-corrected chi connectivity index (χ1v) is 6.18. The van der Waals surface area contributed by atoms with Gasteiger partial charge in [0.2, 0.25) is 0 Å². The molecule has 2 rings (SSSR count). The molecule has 0 bridgehead atoms. The van der Waals surface area contributed by atoms with Crippen molar-refractivity contribution in [3.63, 3.8) is 0 Å². The van der Waals surface area contributed by atoms with Crippen molar-refractivity contribution in [2.24, 2.45) is 0 Å². The van der Waals surface area contributed by atoms with Crippen LogP contribution in [-0.4, -0.2) is 42.4 Å². The van der Waals surface area contributed by atoms with Crippen LogP contribution < -0.4 is 5.32 Å². The highest BCUT2D eigenvalue weighted by Gasteiger charge is 2.26. The molecule has 19 heavy (non-hydrogen) atoms. The normalized spacial score (nSPS) is 20.2. The molecule has 0 spiro atoms. The predicted octanol–water partition coefficient (Wildman–Crippen LogP) is 1.60. The zero-order valence-electron chi connectivity index (χ0n) is 10.7. The predicted molar refractivity (Wildman–Crippen MR) is 69.2 cm³/mol. The quantitative estimate of drug-likeness (QED) is 0.622. The molecule has 1 saturated heterocycles. The molecule has 1 aliphatic rings. The summed E-state index contributed by atoms with van der Waals surface area (Å²) in [5, 5.41) is 13.8. The van der Waals surface area contributed by atoms with Gasteiger partial charge in [-0.3, -0.25) is 10.1 Å². The Morgan fingerprint density at radius 3 is 3.05 bits per heavy atom. The van der Waals surface area contributed by atoms with Gasteiger partial charge in [0.05, 0.1) is 23.7 Å². The van der Waals surface area contributed by atoms with Crippen molar-refractivity contribution in [2.45, 2.75) is 25.0 Å². The standard InChI is InChI=1S/C12H17N3O4/c1-18-8-10(11-3-2-6-19-11)14-12-5-4-9(7-13-12)15(16)17/h4-5,7,10-11H,2-3,6,8H2,1H3,(H,13,14)/t10-,11+/m1/s1. The van der Waals surface area contributed by atoms with Crippen molar-refractivity contribution in [2.75, 3.05) is 25.6 Å². The first-order chi connectivity index (χ1) is 9.20. The van der Waals surface area contributed by atoms with Gasteiger partial charge in [-0.25, -0.2) is 4.98 Å². The maximum absolute atomic E-state index is 10.6. The Balaban J connectivity index is 2.01. The van der Waals surface area contributed by atoms with Crippen molar-refractivity contribution < 1.29 is 14.4 Å². The molecule has 2 atom stereocenters. The molecule has 7 heteroatoms. The minimum absolute atomic E-state index is 0.00135. The lowest BCUT2D eigenvalue weighted by Gasteiger charge is -2.23. The molecule has 7 nitrogen and oxygen atoms in total. The van der Waals surface area contributed by atoms with Gasteiger partial charge in [0.1, 0.15) is 12.0 Å². The summed E-state index contributed by atoms with van der Waals surface area (Å²) in [6.07, 6.45) is 3.35. The fraction of sp³-hybridized carbons (Fsp3) is 0.583. The van der Waals surface area contributed by atoms with Crippen LogP contribution in [-0.2, 0) is 9.47 Å². The van der Waals surface area contributed by atoms with Crippen LogP contribution >= 0.6 is 0 Å². The molecule has 0 unspecified atom stereocenters. The number of pyridine rings is 1. The lowest BCUT2D eigenvalue weighted by molar-refractivity contribution is -0.385. The molecule has 1 N–H and O–H groups in total. The van der Waals surface area contributed by atoms with Crippen LogP contribution in [0.4, 0.5) is 11.5 Å². The van der Waals surface area contributed by atoms with E-state index in [-0.39, 0.29) is 17.8 Å². The van der Waals surface area contributed by atoms with E-state index in [9.17, 15) is 10.1 Å². The minimum Gasteiger partial charge on any atom is -0.382 e. The number of nitro groups is 1. The monoisotopic (exact) mass is 267 g/mol. The molecule has 1 aromatic rings. The highest BCUT2D eigenvalue weighted by Crippen LogP contribution is 2.19. The Labute approximate surface area is 111 Å². The number of anilines is 1. The molecule has 1 fully saturated rings. The first kappa shape index (κ1) is 13.7. The van der Waals surface area contributed by atoms with E-state index in [4.69, 9.17) is 9.47 Å². The molecule has 0 aliphatic carbocycles. The van der Waals surface area contributed by atoms with Gasteiger partial charge in [-0.15, -0.1) is 0 Å². The van der Waals surface area contributed by atoms with Crippen LogP contribution in [0.3, 0.4) is 0 Å². The summed E-state index contributed by atoms with van der Waals surface area (Å²) in [5.41, 5.74) is -0.0223. The summed E-state index contributed by atoms with van der Waals surface area (Å²) in [7, 11) is 1.63. The van der Waals surface area contributed by atoms with Gasteiger partial charge < -0.3 is 14.8 Å². The molecular weight excluding hydrogens is 250 g/mol. The summed E-state index contributed by atoms with van der Waals surface area (Å²) in [6, 6.07) is 3.02. The highest BCUT2D eigenvalue weighted by atomic mass is 16.6. The van der Waals surface area contributed by atoms with Gasteiger partial charge in [0.25, 0.3) is 5.69 Å². The summed E-state index contributed by atoms with van der Waals surface area (Å²) in [5.74, 6) is 0.586. The second-order valence-electron chi connectivity index (χ2n) is 4.42. The molecule has 1 aliphatic heterocycles. The lowest BCUT2D eigenvalue weighted by atomic mass is 10.1. The van der Waals surface area contributed by atoms with Gasteiger partial charge in [0.15, 0.2) is 0 Å². The van der Waals surface area contributed by atoms with Gasteiger partial charge in [-0.2, -0.15) is 0 Å². The fourth-order valence-electron chi connectivity index (χ4n) is 2.11. The fourth-order valence-corrected chi connectivity index (χ4v) is 2.11. The maximum atomic E-state index is 10.6. The van der Waals surface area contributed by atoms with E-state index in [1.54, 1.807) is 13.2 Å². The largest absolute Gasteiger partial charge is 0.382 e. The van der Waals surface area contributed by atoms with Gasteiger partial charge in [0, 0.05) is 19.8 Å². The number of hydrogen-bond donors (Lipinski definition) is 1. The second kappa shape index (κ2) is 6.44. The van der Waals surface area contributed by atoms with Crippen molar-refractivity contribution >= 4 is 11.5 Å². The molecule has 0 amide bonds. The third kappa shape index (κ3) is 3.62. The average Bonchev–Trinajstić information content (AvgIpc) is 2.92. The van der Waals surface area contributed by atoms with Crippen molar-refractivity contribution in [3.8, 4) is 0 Å². The number of ether oxygens (including phenoxy) is 2. The Hall–Kier alpha value is -1.73. The van der Waals surface area contributed by atoms with E-state index in [1.165, 1.54) is 12.3 Å². The Bertz CT molecular complexity index is 417. The first-order valence-electron chi connectivity index (χ1n) is 6.18. The highest BCUT2D eigenvalue weighted by molar-refractivity contribution is 5.41. The van der Waals surface area contributed by atoms with Crippen molar-refractivity contribution in [3.05, 3.63) is 28.4 Å². The summed E-state index contributed by atoms with van der Waals surface area (Å²) in [4.78, 5) is 14.1. The van der Waals surface area contributed by atoms with E-state index in [0.717, 1.165) is 19.4 Å². The zero-order chi connectivity index (χ0) is 13.7. The summed E-state index contributed by atoms with van der Waals surface area (Å²) in [6.45, 7) is 1.27. The number of rotatable bonds is 6. The molecule has 104 valence electrons. The minimum atomic E-state index is -0.469. The van der Waals surface area contributed by atoms with Crippen LogP contribution in [0.5, 0.6) is 0 Å². The van der Waals surface area contributed by atoms with E-state index < -0.39 is 4.92 Å². The average molecular weight is 267 g/mol. The second-order valence-corrected chi connectivity index (χ2v) is 4.42. The molecule has 0 radical (unpaired) electrons. The van der Waals surface area contributed by atoms with Crippen molar-refractivity contribution in [1.29, 1.82) is 0 Å². The maximum Gasteiger partial charge on any atom is 0.287 e. The van der Waals surface area contributed by atoms with Gasteiger partial charge in [-0.05, 0) is 18.9 Å². The summed E-state index contributed by atoms with van der Waals surface area (Å²) < 4.78 is 10.8. The SMILES string of the molecule is COC[C@@H](Nc1ccc([N+](=O)[O-])cn1)[C@@H]1CCCO1. The van der Waals surface area contributed by atoms with Crippen LogP contribution in [0.2, 0.25) is 0 Å². The molecule has 2 heterocycles. The third-order valence-electron chi connectivity index (χ3n) is 3.05. The molecule has 0 aromatic carbocycles. The Morgan fingerprint density at radius 2 is 2.53 bits per heavy atom. The van der Waals surface area contributed by atoms with Crippen LogP contribution in [0.25, 0.3) is 0 Å². The van der Waals surface area contributed by atoms with E-state index in [0.29, 0.717) is 12.4 Å². The molecular formula is C12H17N3O4. The van der Waals surface area contributed by atoms with E-state index in [2.05, 4.69) is 10.3 Å². The summed E-state index contributed by atoms with van der Waals surface area (Å²) >= 11 is 0. The molecule has 1 aromatic heterocycles. The number of aromatic nitrogens is 1. The van der Waals surface area contributed by atoms with Crippen LogP contribution in [0.1, 0.15) is 12.8 Å². The van der Waals surface area contributed by atoms with Gasteiger partial charge >= 0.3 is 0 Å². The van der Waals surface area contributed by atoms with Crippen LogP contribution in [0, 0.1) is 10.1 Å². The smallest absolute Gasteiger partial charge is 0.287 e. The molecule has 0 saturated carbocycles. The van der Waals surface area contributed by atoms with Crippen LogP contribution in [0.15, 0.2) is 18.3 Å². The zero-order valence-corrected chi connectivity index (χ0v) is 10.7. The third-order valence-corrected chi connectivity index (χ3v) is 3.05. The number of nitrogens with zero attached hydrogens (tertiary/aromatic N) is 2. The number of methoxy groups -OCH3 is 1.